The van der Waals surface area contributed by atoms with Crippen molar-refractivity contribution in [2.45, 2.75) is 119 Å². The van der Waals surface area contributed by atoms with Crippen LogP contribution >= 0.6 is 0 Å². The fourth-order valence-corrected chi connectivity index (χ4v) is 6.61. The third-order valence-electron chi connectivity index (χ3n) is 8.48. The lowest BCUT2D eigenvalue weighted by Crippen LogP contribution is -2.61. The molecule has 2 atom stereocenters. The normalized spacial score (nSPS) is 22.6. The molecule has 0 bridgehead atoms. The molecule has 0 N–H and O–H groups in total. The fourth-order valence-electron chi connectivity index (χ4n) is 6.61. The quantitative estimate of drug-likeness (QED) is 0.218. The number of esters is 2. The second-order valence-electron chi connectivity index (χ2n) is 12.9. The molecule has 37 heavy (non-hydrogen) atoms. The zero-order valence-electron chi connectivity index (χ0n) is 24.6. The summed E-state index contributed by atoms with van der Waals surface area (Å²) in [6.07, 6.45) is 5.52. The monoisotopic (exact) mass is 513 g/mol. The maximum Gasteiger partial charge on any atom is 0.313 e. The van der Waals surface area contributed by atoms with Crippen LogP contribution in [-0.4, -0.2) is 29.3 Å². The maximum absolute atomic E-state index is 13.2. The predicted octanol–water partition coefficient (Wildman–Crippen LogP) is 6.77. The van der Waals surface area contributed by atoms with Crippen LogP contribution in [0.3, 0.4) is 0 Å². The molecule has 0 aliphatic heterocycles. The van der Waals surface area contributed by atoms with Crippen LogP contribution < -0.4 is 9.47 Å². The molecule has 0 spiro atoms. The highest BCUT2D eigenvalue weighted by molar-refractivity contribution is 5.80. The number of aryl methyl sites for hydroxylation is 1. The molecule has 0 saturated heterocycles. The highest BCUT2D eigenvalue weighted by Gasteiger charge is 2.58. The van der Waals surface area contributed by atoms with Crippen molar-refractivity contribution in [1.82, 2.24) is 4.90 Å². The summed E-state index contributed by atoms with van der Waals surface area (Å²) >= 11 is 0. The minimum atomic E-state index is -0.660. The van der Waals surface area contributed by atoms with Crippen molar-refractivity contribution in [3.05, 3.63) is 22.8 Å². The summed E-state index contributed by atoms with van der Waals surface area (Å²) in [6, 6.07) is 2.08. The first-order chi connectivity index (χ1) is 17.2. The molecule has 0 unspecified atom stereocenters. The third kappa shape index (κ3) is 5.18. The van der Waals surface area contributed by atoms with Gasteiger partial charge in [-0.3, -0.25) is 14.4 Å². The van der Waals surface area contributed by atoms with Crippen LogP contribution in [0.15, 0.2) is 6.07 Å². The summed E-state index contributed by atoms with van der Waals surface area (Å²) in [6.45, 7) is 20.0. The molecule has 1 saturated carbocycles. The van der Waals surface area contributed by atoms with Crippen molar-refractivity contribution in [3.63, 3.8) is 0 Å². The Morgan fingerprint density at radius 3 is 2.00 bits per heavy atom. The Hall–Kier alpha value is -2.37. The van der Waals surface area contributed by atoms with Crippen LogP contribution in [0, 0.1) is 23.2 Å². The average Bonchev–Trinajstić information content (AvgIpc) is 2.79. The second-order valence-corrected chi connectivity index (χ2v) is 12.9. The van der Waals surface area contributed by atoms with Gasteiger partial charge in [0.15, 0.2) is 11.5 Å². The standard InChI is InChI=1S/C31H47NO5/c1-18(2)23-16-22-12-13-24-30(9,10)14-11-15-31(24,32(17-33)21(7)8)25(22)27(37-29(35)20(5)6)26(23)36-28(34)19(3)4/h16-21,24H,11-15H2,1-10H3/t24-,31+/m0/s1. The van der Waals surface area contributed by atoms with Crippen LogP contribution in [0.2, 0.25) is 0 Å². The lowest BCUT2D eigenvalue weighted by Gasteiger charge is -2.60. The zero-order chi connectivity index (χ0) is 27.9. The number of hydrogen-bond acceptors (Lipinski definition) is 5. The van der Waals surface area contributed by atoms with E-state index in [1.807, 2.05) is 18.7 Å². The van der Waals surface area contributed by atoms with Gasteiger partial charge in [-0.05, 0) is 62.3 Å². The Labute approximate surface area is 223 Å². The minimum absolute atomic E-state index is 0.0170. The Bertz CT molecular complexity index is 1040. The summed E-state index contributed by atoms with van der Waals surface area (Å²) in [5, 5.41) is 0. The number of benzene rings is 1. The molecule has 1 aromatic carbocycles. The number of carbonyl (C=O) groups excluding carboxylic acids is 3. The molecule has 2 aliphatic rings. The molecular weight excluding hydrogens is 466 g/mol. The summed E-state index contributed by atoms with van der Waals surface area (Å²) in [4.78, 5) is 40.9. The molecule has 0 heterocycles. The van der Waals surface area contributed by atoms with Crippen LogP contribution in [0.1, 0.15) is 118 Å². The van der Waals surface area contributed by atoms with Gasteiger partial charge in [0.05, 0.1) is 17.4 Å². The van der Waals surface area contributed by atoms with Crippen molar-refractivity contribution in [2.75, 3.05) is 0 Å². The third-order valence-corrected chi connectivity index (χ3v) is 8.48. The number of amides is 1. The topological polar surface area (TPSA) is 72.9 Å². The SMILES string of the molecule is CC(C)C(=O)Oc1c(C(C)C)cc2c(c1OC(=O)C(C)C)[C@@]1(N(C=O)C(C)C)CCCC(C)(C)[C@@H]1CC2. The fraction of sp³-hybridized carbons (Fsp3) is 0.710. The predicted molar refractivity (Wildman–Crippen MR) is 146 cm³/mol. The summed E-state index contributed by atoms with van der Waals surface area (Å²) in [5.41, 5.74) is 2.12. The number of carbonyl (C=O) groups is 3. The van der Waals surface area contributed by atoms with Crippen molar-refractivity contribution in [2.24, 2.45) is 23.2 Å². The van der Waals surface area contributed by atoms with Crippen molar-refractivity contribution >= 4 is 18.3 Å². The van der Waals surface area contributed by atoms with E-state index in [-0.39, 0.29) is 47.1 Å². The number of nitrogens with zero attached hydrogens (tertiary/aromatic N) is 1. The first kappa shape index (κ1) is 29.2. The van der Waals surface area contributed by atoms with Gasteiger partial charge < -0.3 is 14.4 Å². The number of ether oxygens (including phenoxy) is 2. The van der Waals surface area contributed by atoms with Crippen molar-refractivity contribution in [3.8, 4) is 11.5 Å². The largest absolute Gasteiger partial charge is 0.422 e. The zero-order valence-corrected chi connectivity index (χ0v) is 24.6. The molecule has 6 nitrogen and oxygen atoms in total. The summed E-state index contributed by atoms with van der Waals surface area (Å²) in [7, 11) is 0. The van der Waals surface area contributed by atoms with E-state index >= 15 is 0 Å². The van der Waals surface area contributed by atoms with E-state index in [0.717, 1.165) is 55.2 Å². The van der Waals surface area contributed by atoms with E-state index in [1.165, 1.54) is 0 Å². The lowest BCUT2D eigenvalue weighted by molar-refractivity contribution is -0.143. The lowest BCUT2D eigenvalue weighted by atomic mass is 9.52. The molecule has 206 valence electrons. The van der Waals surface area contributed by atoms with Gasteiger partial charge in [-0.2, -0.15) is 0 Å². The van der Waals surface area contributed by atoms with Crippen LogP contribution in [-0.2, 0) is 26.3 Å². The van der Waals surface area contributed by atoms with Crippen molar-refractivity contribution in [1.29, 1.82) is 0 Å². The Morgan fingerprint density at radius 2 is 1.51 bits per heavy atom. The average molecular weight is 514 g/mol. The Morgan fingerprint density at radius 1 is 0.946 bits per heavy atom. The van der Waals surface area contributed by atoms with Gasteiger partial charge in [0.25, 0.3) is 0 Å². The van der Waals surface area contributed by atoms with Gasteiger partial charge in [0.2, 0.25) is 6.41 Å². The molecule has 1 fully saturated rings. The van der Waals surface area contributed by atoms with E-state index in [9.17, 15) is 14.4 Å². The van der Waals surface area contributed by atoms with Crippen LogP contribution in [0.5, 0.6) is 11.5 Å². The van der Waals surface area contributed by atoms with Crippen LogP contribution in [0.4, 0.5) is 0 Å². The number of rotatable bonds is 8. The van der Waals surface area contributed by atoms with Gasteiger partial charge in [-0.25, -0.2) is 0 Å². The Kier molecular flexibility index (Phi) is 8.51. The molecular formula is C31H47NO5. The molecule has 6 heteroatoms. The minimum Gasteiger partial charge on any atom is -0.422 e. The van der Waals surface area contributed by atoms with E-state index in [1.54, 1.807) is 27.7 Å². The highest BCUT2D eigenvalue weighted by Crippen LogP contribution is 2.62. The van der Waals surface area contributed by atoms with E-state index < -0.39 is 5.54 Å². The summed E-state index contributed by atoms with van der Waals surface area (Å²) in [5.74, 6) is -0.572. The molecule has 1 aromatic rings. The van der Waals surface area contributed by atoms with Gasteiger partial charge in [-0.1, -0.05) is 67.9 Å². The van der Waals surface area contributed by atoms with Gasteiger partial charge in [-0.15, -0.1) is 0 Å². The first-order valence-electron chi connectivity index (χ1n) is 14.1. The van der Waals surface area contributed by atoms with E-state index in [4.69, 9.17) is 9.47 Å². The highest BCUT2D eigenvalue weighted by atomic mass is 16.6. The van der Waals surface area contributed by atoms with Gasteiger partial charge in [0, 0.05) is 17.2 Å². The maximum atomic E-state index is 13.2. The molecule has 2 aliphatic carbocycles. The summed E-state index contributed by atoms with van der Waals surface area (Å²) < 4.78 is 12.3. The molecule has 0 radical (unpaired) electrons. The van der Waals surface area contributed by atoms with Crippen LogP contribution in [0.25, 0.3) is 0 Å². The first-order valence-corrected chi connectivity index (χ1v) is 14.1. The van der Waals surface area contributed by atoms with Crippen molar-refractivity contribution < 1.29 is 23.9 Å². The molecule has 0 aromatic heterocycles. The Balaban J connectivity index is 2.48. The molecule has 3 rings (SSSR count). The number of fused-ring (bicyclic) bond motifs is 3. The van der Waals surface area contributed by atoms with Gasteiger partial charge in [0.1, 0.15) is 0 Å². The van der Waals surface area contributed by atoms with E-state index in [0.29, 0.717) is 11.5 Å². The smallest absolute Gasteiger partial charge is 0.313 e. The number of hydrogen-bond donors (Lipinski definition) is 0. The van der Waals surface area contributed by atoms with Gasteiger partial charge >= 0.3 is 11.9 Å². The second kappa shape index (κ2) is 10.8. The molecule has 1 amide bonds. The van der Waals surface area contributed by atoms with E-state index in [2.05, 4.69) is 33.8 Å².